The lowest BCUT2D eigenvalue weighted by Gasteiger charge is -2.04. The van der Waals surface area contributed by atoms with Gasteiger partial charge in [-0.2, -0.15) is 0 Å². The van der Waals surface area contributed by atoms with E-state index >= 15 is 0 Å². The van der Waals surface area contributed by atoms with Crippen LogP contribution in [-0.4, -0.2) is 18.2 Å². The summed E-state index contributed by atoms with van der Waals surface area (Å²) in [5, 5.41) is 0. The highest BCUT2D eigenvalue weighted by atomic mass is 32.2. The Hall–Kier alpha value is -0.870. The number of ether oxygens (including phenoxy) is 1. The van der Waals surface area contributed by atoms with Crippen molar-refractivity contribution in [1.29, 1.82) is 0 Å². The molecule has 1 rings (SSSR count). The summed E-state index contributed by atoms with van der Waals surface area (Å²) >= 11 is 3.17. The molecule has 0 radical (unpaired) electrons. The summed E-state index contributed by atoms with van der Waals surface area (Å²) < 4.78 is 6.01. The smallest absolute Gasteiger partial charge is 0.303 e. The van der Waals surface area contributed by atoms with Gasteiger partial charge in [0.2, 0.25) is 0 Å². The van der Waals surface area contributed by atoms with Crippen molar-refractivity contribution in [1.82, 2.24) is 0 Å². The van der Waals surface area contributed by atoms with Crippen molar-refractivity contribution in [2.45, 2.75) is 6.92 Å². The Balaban J connectivity index is 2.54. The predicted octanol–water partition coefficient (Wildman–Crippen LogP) is 3.60. The molecule has 0 atom stereocenters. The van der Waals surface area contributed by atoms with E-state index in [0.717, 1.165) is 9.80 Å². The van der Waals surface area contributed by atoms with Crippen LogP contribution in [0.5, 0.6) is 0 Å². The van der Waals surface area contributed by atoms with Crippen molar-refractivity contribution < 1.29 is 9.53 Å². The maximum absolute atomic E-state index is 10.6. The summed E-state index contributed by atoms with van der Waals surface area (Å²) in [6.45, 7) is 1.42. The summed E-state index contributed by atoms with van der Waals surface area (Å²) in [7, 11) is 0. The Kier molecular flexibility index (Phi) is 6.11. The molecule has 0 aromatic heterocycles. The van der Waals surface area contributed by atoms with Crippen LogP contribution in [0.15, 0.2) is 34.6 Å². The highest BCUT2D eigenvalue weighted by Gasteiger charge is 1.99. The molecular weight excluding hydrogens is 240 g/mol. The zero-order valence-corrected chi connectivity index (χ0v) is 10.9. The third-order valence-corrected chi connectivity index (χ3v) is 3.76. The van der Waals surface area contributed by atoms with Crippen molar-refractivity contribution in [3.8, 4) is 0 Å². The summed E-state index contributed by atoms with van der Waals surface area (Å²) in [6.07, 6.45) is 4.09. The number of carbonyl (C=O) groups is 1. The summed E-state index contributed by atoms with van der Waals surface area (Å²) in [6, 6.07) is 10.1. The maximum Gasteiger partial charge on any atom is 0.303 e. The van der Waals surface area contributed by atoms with E-state index < -0.39 is 0 Å². The number of hydrogen-bond acceptors (Lipinski definition) is 4. The fourth-order valence-corrected chi connectivity index (χ4v) is 2.45. The molecule has 86 valence electrons. The van der Waals surface area contributed by atoms with E-state index in [1.807, 2.05) is 36.6 Å². The SMILES string of the molecule is CS/C(=C/c1ccccc1)SCOC(C)=O. The van der Waals surface area contributed by atoms with Crippen LogP contribution in [0, 0.1) is 0 Å². The number of esters is 1. The minimum absolute atomic E-state index is 0.243. The summed E-state index contributed by atoms with van der Waals surface area (Å²) in [5.41, 5.74) is 1.15. The highest BCUT2D eigenvalue weighted by molar-refractivity contribution is 8.22. The molecule has 0 unspecified atom stereocenters. The Morgan fingerprint density at radius 1 is 1.38 bits per heavy atom. The normalized spacial score (nSPS) is 11.2. The van der Waals surface area contributed by atoms with Crippen LogP contribution in [0.25, 0.3) is 6.08 Å². The molecule has 0 amide bonds. The van der Waals surface area contributed by atoms with Crippen LogP contribution in [0.3, 0.4) is 0 Å². The van der Waals surface area contributed by atoms with Gasteiger partial charge in [0.25, 0.3) is 0 Å². The second-order valence-corrected chi connectivity index (χ2v) is 5.05. The van der Waals surface area contributed by atoms with Gasteiger partial charge in [0, 0.05) is 11.2 Å². The second-order valence-electron chi connectivity index (χ2n) is 2.98. The first-order chi connectivity index (χ1) is 7.72. The molecule has 0 aliphatic heterocycles. The molecule has 0 spiro atoms. The van der Waals surface area contributed by atoms with E-state index in [2.05, 4.69) is 6.08 Å². The van der Waals surface area contributed by atoms with E-state index in [1.165, 1.54) is 18.7 Å². The molecule has 0 aliphatic carbocycles. The van der Waals surface area contributed by atoms with Crippen LogP contribution in [-0.2, 0) is 9.53 Å². The van der Waals surface area contributed by atoms with Gasteiger partial charge in [-0.05, 0) is 17.9 Å². The minimum Gasteiger partial charge on any atom is -0.454 e. The average molecular weight is 254 g/mol. The molecule has 0 saturated heterocycles. The van der Waals surface area contributed by atoms with Gasteiger partial charge in [-0.25, -0.2) is 0 Å². The van der Waals surface area contributed by atoms with Crippen LogP contribution in [0.1, 0.15) is 12.5 Å². The second kappa shape index (κ2) is 7.41. The fourth-order valence-electron chi connectivity index (χ4n) is 1.02. The first-order valence-electron chi connectivity index (χ1n) is 4.79. The van der Waals surface area contributed by atoms with Crippen molar-refractivity contribution in [2.24, 2.45) is 0 Å². The summed E-state index contributed by atoms with van der Waals surface area (Å²) in [4.78, 5) is 10.6. The van der Waals surface area contributed by atoms with Gasteiger partial charge in [-0.15, -0.1) is 11.8 Å². The van der Waals surface area contributed by atoms with Crippen LogP contribution in [0.4, 0.5) is 0 Å². The predicted molar refractivity (Wildman–Crippen MR) is 72.2 cm³/mol. The Morgan fingerprint density at radius 2 is 2.06 bits per heavy atom. The van der Waals surface area contributed by atoms with E-state index in [-0.39, 0.29) is 5.97 Å². The Bertz CT molecular complexity index is 361. The lowest BCUT2D eigenvalue weighted by atomic mass is 10.2. The van der Waals surface area contributed by atoms with Gasteiger partial charge in [0.15, 0.2) is 0 Å². The van der Waals surface area contributed by atoms with Gasteiger partial charge in [0.05, 0.1) is 0 Å². The molecular formula is C12H14O2S2. The number of rotatable bonds is 5. The van der Waals surface area contributed by atoms with Crippen LogP contribution in [0.2, 0.25) is 0 Å². The lowest BCUT2D eigenvalue weighted by molar-refractivity contribution is -0.138. The van der Waals surface area contributed by atoms with E-state index in [0.29, 0.717) is 5.94 Å². The molecule has 0 heterocycles. The molecule has 4 heteroatoms. The first kappa shape index (κ1) is 13.2. The van der Waals surface area contributed by atoms with Gasteiger partial charge < -0.3 is 4.74 Å². The molecule has 0 fully saturated rings. The number of thioether (sulfide) groups is 2. The van der Waals surface area contributed by atoms with Crippen molar-refractivity contribution in [3.05, 3.63) is 40.1 Å². The first-order valence-corrected chi connectivity index (χ1v) is 7.00. The van der Waals surface area contributed by atoms with Crippen LogP contribution >= 0.6 is 23.5 Å². The molecule has 1 aromatic carbocycles. The Morgan fingerprint density at radius 3 is 2.62 bits per heavy atom. The minimum atomic E-state index is -0.243. The maximum atomic E-state index is 10.6. The zero-order chi connectivity index (χ0) is 11.8. The van der Waals surface area contributed by atoms with Gasteiger partial charge in [-0.1, -0.05) is 42.1 Å². The monoisotopic (exact) mass is 254 g/mol. The molecule has 16 heavy (non-hydrogen) atoms. The zero-order valence-electron chi connectivity index (χ0n) is 9.30. The van der Waals surface area contributed by atoms with Gasteiger partial charge in [-0.3, -0.25) is 4.79 Å². The topological polar surface area (TPSA) is 26.3 Å². The molecule has 0 aliphatic rings. The van der Waals surface area contributed by atoms with Gasteiger partial charge in [0.1, 0.15) is 5.94 Å². The highest BCUT2D eigenvalue weighted by Crippen LogP contribution is 2.28. The third-order valence-electron chi connectivity index (χ3n) is 1.75. The van der Waals surface area contributed by atoms with Crippen molar-refractivity contribution in [3.63, 3.8) is 0 Å². The third kappa shape index (κ3) is 5.28. The van der Waals surface area contributed by atoms with Crippen molar-refractivity contribution >= 4 is 35.6 Å². The standard InChI is InChI=1S/C12H14O2S2/c1-10(13)14-9-16-12(15-2)8-11-6-4-3-5-7-11/h3-8H,9H2,1-2H3/b12-8-. The largest absolute Gasteiger partial charge is 0.454 e. The fraction of sp³-hybridized carbons (Fsp3) is 0.250. The molecule has 1 aromatic rings. The van der Waals surface area contributed by atoms with E-state index in [4.69, 9.17) is 4.74 Å². The number of carbonyl (C=O) groups excluding carboxylic acids is 1. The average Bonchev–Trinajstić information content (AvgIpc) is 2.28. The van der Waals surface area contributed by atoms with E-state index in [9.17, 15) is 4.79 Å². The quantitative estimate of drug-likeness (QED) is 0.592. The molecule has 0 saturated carbocycles. The number of hydrogen-bond donors (Lipinski definition) is 0. The van der Waals surface area contributed by atoms with Gasteiger partial charge >= 0.3 is 5.97 Å². The Labute approximate surface area is 104 Å². The molecule has 0 N–H and O–H groups in total. The lowest BCUT2D eigenvalue weighted by Crippen LogP contribution is -1.96. The number of benzene rings is 1. The summed E-state index contributed by atoms with van der Waals surface area (Å²) in [5.74, 6) is 0.127. The molecule has 0 bridgehead atoms. The van der Waals surface area contributed by atoms with Crippen molar-refractivity contribution in [2.75, 3.05) is 12.2 Å². The van der Waals surface area contributed by atoms with E-state index in [1.54, 1.807) is 11.8 Å². The van der Waals surface area contributed by atoms with Crippen LogP contribution < -0.4 is 0 Å². The molecule has 2 nitrogen and oxygen atoms in total.